The van der Waals surface area contributed by atoms with E-state index in [-0.39, 0.29) is 5.57 Å². The molecule has 1 amide bonds. The summed E-state index contributed by atoms with van der Waals surface area (Å²) in [6.45, 7) is 1.95. The summed E-state index contributed by atoms with van der Waals surface area (Å²) in [6.07, 6.45) is 1.44. The minimum atomic E-state index is -0.503. The van der Waals surface area contributed by atoms with E-state index in [4.69, 9.17) is 21.1 Å². The number of nitriles is 1. The van der Waals surface area contributed by atoms with Gasteiger partial charge in [-0.15, -0.1) is 0 Å². The highest BCUT2D eigenvalue weighted by molar-refractivity contribution is 6.32. The number of benzene rings is 2. The lowest BCUT2D eigenvalue weighted by Crippen LogP contribution is -2.13. The molecule has 1 N–H and O–H groups in total. The monoisotopic (exact) mass is 356 g/mol. The molecule has 0 heterocycles. The van der Waals surface area contributed by atoms with Gasteiger partial charge in [-0.05, 0) is 42.8 Å². The number of nitrogens with one attached hydrogen (secondary N) is 1. The lowest BCUT2D eigenvalue weighted by molar-refractivity contribution is -0.112. The molecule has 2 aromatic carbocycles. The van der Waals surface area contributed by atoms with E-state index in [2.05, 4.69) is 5.32 Å². The Labute approximate surface area is 151 Å². The number of carbonyl (C=O) groups is 1. The van der Waals surface area contributed by atoms with Gasteiger partial charge in [-0.2, -0.15) is 5.26 Å². The molecule has 0 aliphatic carbocycles. The number of ether oxygens (including phenoxy) is 2. The van der Waals surface area contributed by atoms with Crippen LogP contribution < -0.4 is 14.8 Å². The number of carbonyl (C=O) groups excluding carboxylic acids is 1. The van der Waals surface area contributed by atoms with Crippen molar-refractivity contribution >= 4 is 29.3 Å². The van der Waals surface area contributed by atoms with Gasteiger partial charge >= 0.3 is 0 Å². The van der Waals surface area contributed by atoms with Gasteiger partial charge in [-0.3, -0.25) is 4.79 Å². The zero-order valence-corrected chi connectivity index (χ0v) is 14.8. The molecule has 0 aliphatic rings. The Balaban J connectivity index is 2.30. The molecule has 2 aromatic rings. The van der Waals surface area contributed by atoms with Crippen molar-refractivity contribution in [2.75, 3.05) is 19.5 Å². The van der Waals surface area contributed by atoms with Crippen molar-refractivity contribution in [1.82, 2.24) is 0 Å². The maximum atomic E-state index is 12.3. The van der Waals surface area contributed by atoms with Crippen LogP contribution in [0.2, 0.25) is 5.02 Å². The molecular formula is C19H17ClN2O3. The van der Waals surface area contributed by atoms with Crippen molar-refractivity contribution in [1.29, 1.82) is 5.26 Å². The van der Waals surface area contributed by atoms with Gasteiger partial charge in [0, 0.05) is 5.69 Å². The first kappa shape index (κ1) is 18.4. The molecule has 5 nitrogen and oxygen atoms in total. The summed E-state index contributed by atoms with van der Waals surface area (Å²) in [5, 5.41) is 12.3. The third-order valence-electron chi connectivity index (χ3n) is 3.44. The molecule has 0 spiro atoms. The van der Waals surface area contributed by atoms with E-state index in [0.29, 0.717) is 27.8 Å². The number of hydrogen-bond acceptors (Lipinski definition) is 4. The normalized spacial score (nSPS) is 10.8. The van der Waals surface area contributed by atoms with Crippen molar-refractivity contribution in [2.45, 2.75) is 6.92 Å². The summed E-state index contributed by atoms with van der Waals surface area (Å²) in [5.74, 6) is 0.304. The molecule has 0 saturated carbocycles. The zero-order chi connectivity index (χ0) is 18.4. The molecule has 0 bridgehead atoms. The van der Waals surface area contributed by atoms with E-state index in [1.807, 2.05) is 25.1 Å². The number of amides is 1. The number of methoxy groups -OCH3 is 2. The quantitative estimate of drug-likeness (QED) is 0.643. The second-order valence-electron chi connectivity index (χ2n) is 5.23. The molecule has 128 valence electrons. The Morgan fingerprint density at radius 2 is 1.88 bits per heavy atom. The highest BCUT2D eigenvalue weighted by Crippen LogP contribution is 2.36. The van der Waals surface area contributed by atoms with Crippen LogP contribution in [0, 0.1) is 18.3 Å². The van der Waals surface area contributed by atoms with Crippen molar-refractivity contribution in [3.05, 3.63) is 58.1 Å². The van der Waals surface area contributed by atoms with Crippen LogP contribution in [0.5, 0.6) is 11.5 Å². The fraction of sp³-hybridized carbons (Fsp3) is 0.158. The third kappa shape index (κ3) is 4.52. The van der Waals surface area contributed by atoms with Gasteiger partial charge in [0.25, 0.3) is 5.91 Å². The van der Waals surface area contributed by atoms with E-state index in [0.717, 1.165) is 5.56 Å². The molecule has 0 aliphatic heterocycles. The van der Waals surface area contributed by atoms with Crippen LogP contribution in [0.4, 0.5) is 5.69 Å². The summed E-state index contributed by atoms with van der Waals surface area (Å²) in [5.41, 5.74) is 2.19. The lowest BCUT2D eigenvalue weighted by Gasteiger charge is -2.10. The minimum Gasteiger partial charge on any atom is -0.493 e. The number of anilines is 1. The van der Waals surface area contributed by atoms with Crippen LogP contribution in [0.3, 0.4) is 0 Å². The Morgan fingerprint density at radius 1 is 1.20 bits per heavy atom. The van der Waals surface area contributed by atoms with Crippen molar-refractivity contribution in [3.63, 3.8) is 0 Å². The number of rotatable bonds is 5. The van der Waals surface area contributed by atoms with E-state index in [1.165, 1.54) is 20.3 Å². The fourth-order valence-corrected chi connectivity index (χ4v) is 2.47. The molecule has 0 unspecified atom stereocenters. The molecule has 0 radical (unpaired) electrons. The zero-order valence-electron chi connectivity index (χ0n) is 14.1. The van der Waals surface area contributed by atoms with Crippen LogP contribution >= 0.6 is 11.6 Å². The van der Waals surface area contributed by atoms with Gasteiger partial charge < -0.3 is 14.8 Å². The SMILES string of the molecule is COc1cc(/C=C(\C#N)C(=O)Nc2ccc(C)cc2)cc(Cl)c1OC. The van der Waals surface area contributed by atoms with Crippen molar-refractivity contribution in [3.8, 4) is 17.6 Å². The van der Waals surface area contributed by atoms with Crippen LogP contribution in [0.1, 0.15) is 11.1 Å². The second kappa shape index (κ2) is 8.22. The van der Waals surface area contributed by atoms with Gasteiger partial charge in [0.15, 0.2) is 11.5 Å². The highest BCUT2D eigenvalue weighted by Gasteiger charge is 2.13. The average Bonchev–Trinajstić information content (AvgIpc) is 2.60. The Bertz CT molecular complexity index is 852. The molecular weight excluding hydrogens is 340 g/mol. The van der Waals surface area contributed by atoms with E-state index in [1.54, 1.807) is 24.3 Å². The molecule has 0 saturated heterocycles. The van der Waals surface area contributed by atoms with Crippen LogP contribution in [-0.4, -0.2) is 20.1 Å². The molecule has 2 rings (SSSR count). The smallest absolute Gasteiger partial charge is 0.266 e. The Hall–Kier alpha value is -2.97. The third-order valence-corrected chi connectivity index (χ3v) is 3.72. The molecule has 25 heavy (non-hydrogen) atoms. The van der Waals surface area contributed by atoms with E-state index >= 15 is 0 Å². The lowest BCUT2D eigenvalue weighted by atomic mass is 10.1. The maximum absolute atomic E-state index is 12.3. The van der Waals surface area contributed by atoms with Crippen LogP contribution in [0.15, 0.2) is 42.0 Å². The molecule has 6 heteroatoms. The molecule has 0 fully saturated rings. The minimum absolute atomic E-state index is 0.0520. The Kier molecular flexibility index (Phi) is 6.04. The maximum Gasteiger partial charge on any atom is 0.266 e. The van der Waals surface area contributed by atoms with Gasteiger partial charge in [-0.1, -0.05) is 29.3 Å². The van der Waals surface area contributed by atoms with Crippen molar-refractivity contribution in [2.24, 2.45) is 0 Å². The first-order chi connectivity index (χ1) is 12.0. The largest absolute Gasteiger partial charge is 0.493 e. The first-order valence-electron chi connectivity index (χ1n) is 7.39. The van der Waals surface area contributed by atoms with Gasteiger partial charge in [0.05, 0.1) is 19.2 Å². The van der Waals surface area contributed by atoms with Crippen LogP contribution in [-0.2, 0) is 4.79 Å². The first-order valence-corrected chi connectivity index (χ1v) is 7.77. The summed E-state index contributed by atoms with van der Waals surface area (Å²) >= 11 is 6.15. The molecule has 0 aromatic heterocycles. The Morgan fingerprint density at radius 3 is 2.44 bits per heavy atom. The van der Waals surface area contributed by atoms with E-state index in [9.17, 15) is 10.1 Å². The van der Waals surface area contributed by atoms with Gasteiger partial charge in [-0.25, -0.2) is 0 Å². The predicted molar refractivity (Wildman–Crippen MR) is 98.0 cm³/mol. The standard InChI is InChI=1S/C19H17ClN2O3/c1-12-4-6-15(7-5-12)22-19(23)14(11-21)8-13-9-16(20)18(25-3)17(10-13)24-2/h4-10H,1-3H3,(H,22,23)/b14-8+. The summed E-state index contributed by atoms with van der Waals surface area (Å²) in [6, 6.07) is 12.4. The summed E-state index contributed by atoms with van der Waals surface area (Å²) in [4.78, 5) is 12.3. The molecule has 0 atom stereocenters. The van der Waals surface area contributed by atoms with Crippen molar-refractivity contribution < 1.29 is 14.3 Å². The van der Waals surface area contributed by atoms with Gasteiger partial charge in [0.1, 0.15) is 11.6 Å². The summed E-state index contributed by atoms with van der Waals surface area (Å²) < 4.78 is 10.4. The fourth-order valence-electron chi connectivity index (χ4n) is 2.17. The van der Waals surface area contributed by atoms with Gasteiger partial charge in [0.2, 0.25) is 0 Å². The topological polar surface area (TPSA) is 71.3 Å². The number of aryl methyl sites for hydroxylation is 1. The highest BCUT2D eigenvalue weighted by atomic mass is 35.5. The van der Waals surface area contributed by atoms with E-state index < -0.39 is 5.91 Å². The second-order valence-corrected chi connectivity index (χ2v) is 5.64. The predicted octanol–water partition coefficient (Wildman–Crippen LogP) is 4.21. The number of nitrogens with zero attached hydrogens (tertiary/aromatic N) is 1. The van der Waals surface area contributed by atoms with Crippen LogP contribution in [0.25, 0.3) is 6.08 Å². The number of halogens is 1. The average molecular weight is 357 g/mol. The summed E-state index contributed by atoms with van der Waals surface area (Å²) in [7, 11) is 2.96. The number of hydrogen-bond donors (Lipinski definition) is 1.